The first-order valence-corrected chi connectivity index (χ1v) is 10.7. The van der Waals surface area contributed by atoms with Crippen LogP contribution in [0.1, 0.15) is 32.8 Å². The number of halogens is 1. The number of carbonyl (C=O) groups is 1. The fourth-order valence-corrected chi connectivity index (χ4v) is 4.14. The average Bonchev–Trinajstić information content (AvgIpc) is 3.01. The minimum atomic E-state index is -3.76. The van der Waals surface area contributed by atoms with E-state index in [1.54, 1.807) is 26.8 Å². The first-order chi connectivity index (χ1) is 12.1. The van der Waals surface area contributed by atoms with Crippen molar-refractivity contribution in [2.45, 2.75) is 38.0 Å². The summed E-state index contributed by atoms with van der Waals surface area (Å²) in [5.74, 6) is -0.259. The maximum atomic E-state index is 12.3. The summed E-state index contributed by atoms with van der Waals surface area (Å²) in [7, 11) is -3.76. The Balaban J connectivity index is 1.90. The van der Waals surface area contributed by atoms with E-state index in [1.165, 1.54) is 0 Å². The molecule has 2 rings (SSSR count). The van der Waals surface area contributed by atoms with Crippen molar-refractivity contribution < 1.29 is 13.2 Å². The number of benzene rings is 1. The summed E-state index contributed by atoms with van der Waals surface area (Å²) in [6.07, 6.45) is 1.25. The standard InChI is InChI=1S/C16H21ClN4O3S2/c1-16(2,3)13(22)19-14-20-21-15(25-14)26(23,24)18-10-6-8-11-7-4-5-9-12(11)17/h4-5,7,9,18H,6,8,10H2,1-3H3,(H,19,20,22). The number of nitrogens with one attached hydrogen (secondary N) is 2. The van der Waals surface area contributed by atoms with E-state index in [0.29, 0.717) is 17.9 Å². The lowest BCUT2D eigenvalue weighted by molar-refractivity contribution is -0.123. The molecule has 0 fully saturated rings. The first kappa shape index (κ1) is 20.8. The van der Waals surface area contributed by atoms with Crippen LogP contribution in [-0.2, 0) is 21.2 Å². The van der Waals surface area contributed by atoms with Gasteiger partial charge >= 0.3 is 0 Å². The van der Waals surface area contributed by atoms with Crippen LogP contribution in [0.5, 0.6) is 0 Å². The molecule has 7 nitrogen and oxygen atoms in total. The largest absolute Gasteiger partial charge is 0.300 e. The van der Waals surface area contributed by atoms with Crippen LogP contribution in [0.4, 0.5) is 5.13 Å². The van der Waals surface area contributed by atoms with Gasteiger partial charge in [-0.3, -0.25) is 4.79 Å². The molecular formula is C16H21ClN4O3S2. The molecule has 0 saturated carbocycles. The number of sulfonamides is 1. The maximum absolute atomic E-state index is 12.3. The third-order valence-corrected chi connectivity index (χ3v) is 6.45. The molecule has 0 unspecified atom stereocenters. The highest BCUT2D eigenvalue weighted by Gasteiger charge is 2.25. The summed E-state index contributed by atoms with van der Waals surface area (Å²) in [5, 5.41) is 10.8. The third kappa shape index (κ3) is 5.73. The zero-order chi connectivity index (χ0) is 19.4. The van der Waals surface area contributed by atoms with Gasteiger partial charge in [0.05, 0.1) is 0 Å². The predicted octanol–water partition coefficient (Wildman–Crippen LogP) is 3.09. The number of amides is 1. The molecule has 1 heterocycles. The van der Waals surface area contributed by atoms with Crippen LogP contribution in [0.25, 0.3) is 0 Å². The second kappa shape index (κ2) is 8.43. The molecule has 0 atom stereocenters. The van der Waals surface area contributed by atoms with Gasteiger partial charge in [-0.1, -0.05) is 61.9 Å². The number of nitrogens with zero attached hydrogens (tertiary/aromatic N) is 2. The van der Waals surface area contributed by atoms with E-state index in [1.807, 2.05) is 18.2 Å². The fraction of sp³-hybridized carbons (Fsp3) is 0.438. The molecule has 0 aliphatic heterocycles. The Morgan fingerprint density at radius 3 is 2.58 bits per heavy atom. The van der Waals surface area contributed by atoms with E-state index in [0.717, 1.165) is 16.9 Å². The summed E-state index contributed by atoms with van der Waals surface area (Å²) >= 11 is 6.89. The van der Waals surface area contributed by atoms with Gasteiger partial charge < -0.3 is 5.32 Å². The normalized spacial score (nSPS) is 12.2. The number of carbonyl (C=O) groups excluding carboxylic acids is 1. The van der Waals surface area contributed by atoms with Crippen molar-refractivity contribution in [3.63, 3.8) is 0 Å². The minimum Gasteiger partial charge on any atom is -0.300 e. The summed E-state index contributed by atoms with van der Waals surface area (Å²) in [6, 6.07) is 7.45. The second-order valence-electron chi connectivity index (χ2n) is 6.67. The van der Waals surface area contributed by atoms with Crippen LogP contribution in [0.15, 0.2) is 28.6 Å². The van der Waals surface area contributed by atoms with Crippen molar-refractivity contribution in [1.29, 1.82) is 0 Å². The van der Waals surface area contributed by atoms with Crippen molar-refractivity contribution in [3.8, 4) is 0 Å². The molecule has 0 aliphatic rings. The molecular weight excluding hydrogens is 396 g/mol. The van der Waals surface area contributed by atoms with E-state index < -0.39 is 15.4 Å². The third-order valence-electron chi connectivity index (χ3n) is 3.41. The molecule has 0 saturated heterocycles. The van der Waals surface area contributed by atoms with E-state index in [-0.39, 0.29) is 21.9 Å². The Bertz CT molecular complexity index is 876. The van der Waals surface area contributed by atoms with Crippen LogP contribution >= 0.6 is 22.9 Å². The quantitative estimate of drug-likeness (QED) is 0.533. The van der Waals surface area contributed by atoms with Gasteiger partial charge in [-0.25, -0.2) is 13.1 Å². The first-order valence-electron chi connectivity index (χ1n) is 7.97. The Morgan fingerprint density at radius 2 is 1.92 bits per heavy atom. The van der Waals surface area contributed by atoms with Gasteiger partial charge in [-0.2, -0.15) is 0 Å². The molecule has 2 aromatic rings. The summed E-state index contributed by atoms with van der Waals surface area (Å²) in [5.41, 5.74) is 0.359. The van der Waals surface area contributed by atoms with Gasteiger partial charge in [0, 0.05) is 17.0 Å². The van der Waals surface area contributed by atoms with Gasteiger partial charge in [-0.05, 0) is 24.5 Å². The summed E-state index contributed by atoms with van der Waals surface area (Å²) < 4.78 is 26.8. The highest BCUT2D eigenvalue weighted by molar-refractivity contribution is 7.91. The maximum Gasteiger partial charge on any atom is 0.269 e. The van der Waals surface area contributed by atoms with Crippen molar-refractivity contribution in [2.75, 3.05) is 11.9 Å². The van der Waals surface area contributed by atoms with Crippen LogP contribution in [0.2, 0.25) is 5.02 Å². The fourth-order valence-electron chi connectivity index (χ4n) is 1.90. The minimum absolute atomic E-state index is 0.154. The Kier molecular flexibility index (Phi) is 6.73. The summed E-state index contributed by atoms with van der Waals surface area (Å²) in [4.78, 5) is 11.9. The Labute approximate surface area is 162 Å². The van der Waals surface area contributed by atoms with Gasteiger partial charge in [0.15, 0.2) is 0 Å². The highest BCUT2D eigenvalue weighted by Crippen LogP contribution is 2.23. The van der Waals surface area contributed by atoms with E-state index in [4.69, 9.17) is 11.6 Å². The van der Waals surface area contributed by atoms with E-state index in [9.17, 15) is 13.2 Å². The lowest BCUT2D eigenvalue weighted by Crippen LogP contribution is -2.27. The van der Waals surface area contributed by atoms with E-state index in [2.05, 4.69) is 20.2 Å². The Hall–Kier alpha value is -1.55. The van der Waals surface area contributed by atoms with Crippen molar-refractivity contribution >= 4 is 44.0 Å². The molecule has 0 bridgehead atoms. The Morgan fingerprint density at radius 1 is 1.23 bits per heavy atom. The molecule has 0 radical (unpaired) electrons. The molecule has 10 heteroatoms. The number of aromatic nitrogens is 2. The lowest BCUT2D eigenvalue weighted by Gasteiger charge is -2.15. The zero-order valence-electron chi connectivity index (χ0n) is 14.7. The molecule has 26 heavy (non-hydrogen) atoms. The number of hydrogen-bond acceptors (Lipinski definition) is 6. The smallest absolute Gasteiger partial charge is 0.269 e. The number of aryl methyl sites for hydroxylation is 1. The number of hydrogen-bond donors (Lipinski definition) is 2. The molecule has 2 N–H and O–H groups in total. The van der Waals surface area contributed by atoms with Crippen LogP contribution < -0.4 is 10.0 Å². The summed E-state index contributed by atoms with van der Waals surface area (Å²) in [6.45, 7) is 5.50. The molecule has 0 spiro atoms. The van der Waals surface area contributed by atoms with Crippen molar-refractivity contribution in [3.05, 3.63) is 34.9 Å². The zero-order valence-corrected chi connectivity index (χ0v) is 17.1. The number of anilines is 1. The lowest BCUT2D eigenvalue weighted by atomic mass is 9.96. The van der Waals surface area contributed by atoms with Gasteiger partial charge in [0.25, 0.3) is 10.0 Å². The molecule has 1 aromatic heterocycles. The van der Waals surface area contributed by atoms with Gasteiger partial charge in [0.1, 0.15) is 0 Å². The van der Waals surface area contributed by atoms with Crippen LogP contribution in [0, 0.1) is 5.41 Å². The number of rotatable bonds is 7. The topological polar surface area (TPSA) is 101 Å². The SMILES string of the molecule is CC(C)(C)C(=O)Nc1nnc(S(=O)(=O)NCCCc2ccccc2Cl)s1. The molecule has 1 amide bonds. The van der Waals surface area contributed by atoms with Crippen molar-refractivity contribution in [2.24, 2.45) is 5.41 Å². The molecule has 142 valence electrons. The van der Waals surface area contributed by atoms with Crippen LogP contribution in [0.3, 0.4) is 0 Å². The predicted molar refractivity (Wildman–Crippen MR) is 103 cm³/mol. The molecule has 1 aromatic carbocycles. The second-order valence-corrected chi connectivity index (χ2v) is 10.00. The van der Waals surface area contributed by atoms with E-state index >= 15 is 0 Å². The van der Waals surface area contributed by atoms with Crippen molar-refractivity contribution in [1.82, 2.24) is 14.9 Å². The van der Waals surface area contributed by atoms with Gasteiger partial charge in [-0.15, -0.1) is 10.2 Å². The van der Waals surface area contributed by atoms with Gasteiger partial charge in [0.2, 0.25) is 15.4 Å². The molecule has 0 aliphatic carbocycles. The average molecular weight is 417 g/mol. The van der Waals surface area contributed by atoms with Crippen LogP contribution in [-0.4, -0.2) is 31.1 Å². The highest BCUT2D eigenvalue weighted by atomic mass is 35.5. The monoisotopic (exact) mass is 416 g/mol.